The van der Waals surface area contributed by atoms with Crippen molar-refractivity contribution in [1.82, 2.24) is 5.32 Å². The van der Waals surface area contributed by atoms with Crippen molar-refractivity contribution in [3.05, 3.63) is 12.2 Å². The predicted octanol–water partition coefficient (Wildman–Crippen LogP) is 1.80. The van der Waals surface area contributed by atoms with Crippen molar-refractivity contribution in [2.24, 2.45) is 5.92 Å². The monoisotopic (exact) mass is 285 g/mol. The van der Waals surface area contributed by atoms with Gasteiger partial charge < -0.3 is 15.2 Å². The molecule has 0 heterocycles. The van der Waals surface area contributed by atoms with E-state index in [9.17, 15) is 14.7 Å². The van der Waals surface area contributed by atoms with Crippen LogP contribution in [0.4, 0.5) is 0 Å². The van der Waals surface area contributed by atoms with E-state index in [1.54, 1.807) is 6.08 Å². The fraction of sp³-hybridized carbons (Fsp3) is 0.733. The average Bonchev–Trinajstić information content (AvgIpc) is 2.43. The fourth-order valence-corrected chi connectivity index (χ4v) is 1.71. The Morgan fingerprint density at radius 1 is 1.35 bits per heavy atom. The summed E-state index contributed by atoms with van der Waals surface area (Å²) in [6.07, 6.45) is 5.20. The Hall–Kier alpha value is -1.36. The van der Waals surface area contributed by atoms with Gasteiger partial charge in [0.2, 0.25) is 5.91 Å². The maximum Gasteiger partial charge on any atom is 0.328 e. The topological polar surface area (TPSA) is 75.6 Å². The lowest BCUT2D eigenvalue weighted by molar-refractivity contribution is -0.146. The Bertz CT molecular complexity index is 328. The standard InChI is InChI=1S/C15H27NO4/c1-5-7-8-9-12(17)10-13(18)16-14(11(3)6-2)15(19)20-4/h8-9,11-12,14,17H,5-7,10H2,1-4H3,(H,16,18)/b9-8+. The maximum atomic E-state index is 11.8. The Kier molecular flexibility index (Phi) is 9.72. The van der Waals surface area contributed by atoms with E-state index in [0.717, 1.165) is 19.3 Å². The van der Waals surface area contributed by atoms with Crippen LogP contribution in [0.15, 0.2) is 12.2 Å². The highest BCUT2D eigenvalue weighted by Gasteiger charge is 2.26. The Balaban J connectivity index is 4.42. The van der Waals surface area contributed by atoms with Gasteiger partial charge in [-0.2, -0.15) is 0 Å². The molecule has 0 fully saturated rings. The quantitative estimate of drug-likeness (QED) is 0.500. The van der Waals surface area contributed by atoms with Crippen molar-refractivity contribution in [1.29, 1.82) is 0 Å². The summed E-state index contributed by atoms with van der Waals surface area (Å²) in [4.78, 5) is 23.5. The highest BCUT2D eigenvalue weighted by Crippen LogP contribution is 2.10. The van der Waals surface area contributed by atoms with E-state index in [1.165, 1.54) is 7.11 Å². The van der Waals surface area contributed by atoms with Gasteiger partial charge in [-0.3, -0.25) is 4.79 Å². The van der Waals surface area contributed by atoms with Gasteiger partial charge in [0.15, 0.2) is 0 Å². The number of hydrogen-bond donors (Lipinski definition) is 2. The largest absolute Gasteiger partial charge is 0.467 e. The molecule has 0 saturated heterocycles. The molecule has 0 aromatic carbocycles. The first-order valence-electron chi connectivity index (χ1n) is 7.18. The molecule has 0 bridgehead atoms. The van der Waals surface area contributed by atoms with Gasteiger partial charge in [0, 0.05) is 0 Å². The molecule has 0 aliphatic rings. The number of rotatable bonds is 9. The van der Waals surface area contributed by atoms with E-state index in [2.05, 4.69) is 5.32 Å². The van der Waals surface area contributed by atoms with Gasteiger partial charge in [-0.15, -0.1) is 0 Å². The molecule has 116 valence electrons. The van der Waals surface area contributed by atoms with Gasteiger partial charge in [-0.25, -0.2) is 4.79 Å². The molecule has 20 heavy (non-hydrogen) atoms. The Morgan fingerprint density at radius 3 is 2.50 bits per heavy atom. The summed E-state index contributed by atoms with van der Waals surface area (Å²) in [6, 6.07) is -0.663. The third-order valence-electron chi connectivity index (χ3n) is 3.19. The van der Waals surface area contributed by atoms with Gasteiger partial charge in [-0.05, 0) is 12.3 Å². The molecule has 0 spiro atoms. The fourth-order valence-electron chi connectivity index (χ4n) is 1.71. The number of amides is 1. The molecule has 0 rings (SSSR count). The zero-order valence-corrected chi connectivity index (χ0v) is 12.9. The molecule has 3 atom stereocenters. The first-order valence-corrected chi connectivity index (χ1v) is 7.18. The molecule has 1 amide bonds. The maximum absolute atomic E-state index is 11.8. The number of allylic oxidation sites excluding steroid dienone is 1. The van der Waals surface area contributed by atoms with E-state index >= 15 is 0 Å². The minimum atomic E-state index is -0.822. The van der Waals surface area contributed by atoms with Crippen LogP contribution in [0.2, 0.25) is 0 Å². The third-order valence-corrected chi connectivity index (χ3v) is 3.19. The van der Waals surface area contributed by atoms with Crippen LogP contribution in [-0.2, 0) is 14.3 Å². The minimum Gasteiger partial charge on any atom is -0.467 e. The zero-order valence-electron chi connectivity index (χ0n) is 12.9. The molecule has 0 saturated carbocycles. The number of nitrogens with one attached hydrogen (secondary N) is 1. The summed E-state index contributed by atoms with van der Waals surface area (Å²) < 4.78 is 4.69. The molecule has 0 aromatic heterocycles. The van der Waals surface area contributed by atoms with Gasteiger partial charge in [0.05, 0.1) is 19.6 Å². The lowest BCUT2D eigenvalue weighted by Crippen LogP contribution is -2.46. The van der Waals surface area contributed by atoms with Gasteiger partial charge >= 0.3 is 5.97 Å². The van der Waals surface area contributed by atoms with Gasteiger partial charge in [0.25, 0.3) is 0 Å². The Labute approximate surface area is 121 Å². The molecular formula is C15H27NO4. The SMILES string of the molecule is CCC/C=C/C(O)CC(=O)NC(C(=O)OC)C(C)CC. The van der Waals surface area contributed by atoms with Crippen molar-refractivity contribution in [3.63, 3.8) is 0 Å². The van der Waals surface area contributed by atoms with Crippen molar-refractivity contribution in [2.75, 3.05) is 7.11 Å². The summed E-state index contributed by atoms with van der Waals surface area (Å²) in [5, 5.41) is 12.3. The van der Waals surface area contributed by atoms with E-state index in [0.29, 0.717) is 0 Å². The van der Waals surface area contributed by atoms with Crippen LogP contribution in [0.5, 0.6) is 0 Å². The minimum absolute atomic E-state index is 0.0147. The predicted molar refractivity (Wildman–Crippen MR) is 78.1 cm³/mol. The molecule has 2 N–H and O–H groups in total. The molecule has 5 nitrogen and oxygen atoms in total. The van der Waals surface area contributed by atoms with Crippen LogP contribution < -0.4 is 5.32 Å². The Morgan fingerprint density at radius 2 is 2.00 bits per heavy atom. The molecule has 0 aliphatic carbocycles. The first-order chi connectivity index (χ1) is 9.46. The van der Waals surface area contributed by atoms with E-state index in [-0.39, 0.29) is 18.2 Å². The van der Waals surface area contributed by atoms with Crippen molar-refractivity contribution < 1.29 is 19.4 Å². The zero-order chi connectivity index (χ0) is 15.5. The molecule has 0 radical (unpaired) electrons. The number of aliphatic hydroxyl groups is 1. The number of unbranched alkanes of at least 4 members (excludes halogenated alkanes) is 1. The summed E-state index contributed by atoms with van der Waals surface area (Å²) in [5.41, 5.74) is 0. The van der Waals surface area contributed by atoms with Crippen LogP contribution in [0, 0.1) is 5.92 Å². The number of hydrogen-bond acceptors (Lipinski definition) is 4. The van der Waals surface area contributed by atoms with E-state index in [4.69, 9.17) is 4.74 Å². The molecular weight excluding hydrogens is 258 g/mol. The number of esters is 1. The second-order valence-electron chi connectivity index (χ2n) is 4.94. The van der Waals surface area contributed by atoms with Crippen LogP contribution in [0.25, 0.3) is 0 Å². The summed E-state index contributed by atoms with van der Waals surface area (Å²) in [5.74, 6) is -0.822. The van der Waals surface area contributed by atoms with Crippen molar-refractivity contribution >= 4 is 11.9 Å². The summed E-state index contributed by atoms with van der Waals surface area (Å²) in [6.45, 7) is 5.85. The number of methoxy groups -OCH3 is 1. The van der Waals surface area contributed by atoms with E-state index in [1.807, 2.05) is 26.8 Å². The van der Waals surface area contributed by atoms with E-state index < -0.39 is 18.1 Å². The molecule has 0 aromatic rings. The normalized spacial score (nSPS) is 15.7. The van der Waals surface area contributed by atoms with Crippen LogP contribution in [0.1, 0.15) is 46.5 Å². The molecule has 3 unspecified atom stereocenters. The van der Waals surface area contributed by atoms with Crippen LogP contribution >= 0.6 is 0 Å². The highest BCUT2D eigenvalue weighted by atomic mass is 16.5. The van der Waals surface area contributed by atoms with Crippen LogP contribution in [0.3, 0.4) is 0 Å². The second-order valence-corrected chi connectivity index (χ2v) is 4.94. The summed E-state index contributed by atoms with van der Waals surface area (Å²) in [7, 11) is 1.30. The van der Waals surface area contributed by atoms with Gasteiger partial charge in [-0.1, -0.05) is 45.8 Å². The lowest BCUT2D eigenvalue weighted by atomic mass is 9.99. The number of aliphatic hydroxyl groups excluding tert-OH is 1. The van der Waals surface area contributed by atoms with Crippen molar-refractivity contribution in [2.45, 2.75) is 58.6 Å². The second kappa shape index (κ2) is 10.4. The average molecular weight is 285 g/mol. The van der Waals surface area contributed by atoms with Gasteiger partial charge in [0.1, 0.15) is 6.04 Å². The summed E-state index contributed by atoms with van der Waals surface area (Å²) >= 11 is 0. The smallest absolute Gasteiger partial charge is 0.328 e. The third kappa shape index (κ3) is 7.28. The molecule has 0 aliphatic heterocycles. The number of carbonyl (C=O) groups excluding carboxylic acids is 2. The van der Waals surface area contributed by atoms with Crippen molar-refractivity contribution in [3.8, 4) is 0 Å². The lowest BCUT2D eigenvalue weighted by Gasteiger charge is -2.22. The molecule has 5 heteroatoms. The number of carbonyl (C=O) groups is 2. The highest BCUT2D eigenvalue weighted by molar-refractivity contribution is 5.84. The van der Waals surface area contributed by atoms with Crippen LogP contribution in [-0.4, -0.2) is 36.2 Å². The first kappa shape index (κ1) is 18.6. The number of ether oxygens (including phenoxy) is 1.